The average molecular weight is 259 g/mol. The molecule has 0 radical (unpaired) electrons. The summed E-state index contributed by atoms with van der Waals surface area (Å²) in [5, 5.41) is 12.3. The lowest BCUT2D eigenvalue weighted by molar-refractivity contribution is -0.122. The van der Waals surface area contributed by atoms with Crippen LogP contribution in [0.1, 0.15) is 31.2 Å². The highest BCUT2D eigenvalue weighted by molar-refractivity contribution is 5.82. The fraction of sp³-hybridized carbons (Fsp3) is 0.562. The number of rotatable bonds is 4. The number of carbonyl (C=O) groups is 1. The van der Waals surface area contributed by atoms with Crippen LogP contribution in [-0.2, 0) is 11.2 Å². The number of phenols is 1. The number of benzene rings is 1. The number of nitrogens with one attached hydrogen (secondary N) is 1. The molecule has 0 aliphatic heterocycles. The SMILES string of the molecule is O=C(NCCc1ccc(O)cc1)C1C2CCCCC21. The van der Waals surface area contributed by atoms with Crippen LogP contribution in [0.25, 0.3) is 0 Å². The van der Waals surface area contributed by atoms with Crippen LogP contribution in [0.4, 0.5) is 0 Å². The maximum Gasteiger partial charge on any atom is 0.223 e. The first-order chi connectivity index (χ1) is 9.25. The molecule has 1 aromatic rings. The monoisotopic (exact) mass is 259 g/mol. The topological polar surface area (TPSA) is 49.3 Å². The van der Waals surface area contributed by atoms with E-state index in [1.54, 1.807) is 12.1 Å². The summed E-state index contributed by atoms with van der Waals surface area (Å²) in [6, 6.07) is 7.18. The highest BCUT2D eigenvalue weighted by Crippen LogP contribution is 2.55. The van der Waals surface area contributed by atoms with Gasteiger partial charge in [-0.15, -0.1) is 0 Å². The first-order valence-electron chi connectivity index (χ1n) is 7.31. The molecule has 0 bridgehead atoms. The van der Waals surface area contributed by atoms with E-state index in [0.29, 0.717) is 24.3 Å². The van der Waals surface area contributed by atoms with E-state index in [1.807, 2.05) is 12.1 Å². The number of fused-ring (bicyclic) bond motifs is 1. The van der Waals surface area contributed by atoms with Crippen molar-refractivity contribution in [1.29, 1.82) is 0 Å². The molecule has 2 N–H and O–H groups in total. The summed E-state index contributed by atoms with van der Waals surface area (Å²) >= 11 is 0. The number of aromatic hydroxyl groups is 1. The van der Waals surface area contributed by atoms with Gasteiger partial charge in [-0.1, -0.05) is 25.0 Å². The fourth-order valence-electron chi connectivity index (χ4n) is 3.49. The molecule has 2 aliphatic rings. The summed E-state index contributed by atoms with van der Waals surface area (Å²) in [5.41, 5.74) is 1.14. The first-order valence-corrected chi connectivity index (χ1v) is 7.31. The molecule has 19 heavy (non-hydrogen) atoms. The van der Waals surface area contributed by atoms with E-state index < -0.39 is 0 Å². The van der Waals surface area contributed by atoms with E-state index in [9.17, 15) is 9.90 Å². The van der Waals surface area contributed by atoms with E-state index in [1.165, 1.54) is 25.7 Å². The molecule has 2 unspecified atom stereocenters. The number of carbonyl (C=O) groups excluding carboxylic acids is 1. The van der Waals surface area contributed by atoms with Crippen molar-refractivity contribution in [3.63, 3.8) is 0 Å². The molecule has 1 aromatic carbocycles. The summed E-state index contributed by atoms with van der Waals surface area (Å²) in [5.74, 6) is 2.22. The molecule has 0 aromatic heterocycles. The van der Waals surface area contributed by atoms with Gasteiger partial charge >= 0.3 is 0 Å². The van der Waals surface area contributed by atoms with Crippen molar-refractivity contribution in [3.8, 4) is 5.75 Å². The second-order valence-electron chi connectivity index (χ2n) is 5.85. The summed E-state index contributed by atoms with van der Waals surface area (Å²) in [7, 11) is 0. The quantitative estimate of drug-likeness (QED) is 0.872. The van der Waals surface area contributed by atoms with Gasteiger partial charge < -0.3 is 10.4 Å². The Kier molecular flexibility index (Phi) is 3.45. The summed E-state index contributed by atoms with van der Waals surface area (Å²) < 4.78 is 0. The Bertz CT molecular complexity index is 442. The molecular weight excluding hydrogens is 238 g/mol. The third-order valence-corrected chi connectivity index (χ3v) is 4.61. The largest absolute Gasteiger partial charge is 0.508 e. The number of phenolic OH excluding ortho intramolecular Hbond substituents is 1. The van der Waals surface area contributed by atoms with Crippen molar-refractivity contribution in [2.45, 2.75) is 32.1 Å². The minimum atomic E-state index is 0.260. The molecule has 3 heteroatoms. The van der Waals surface area contributed by atoms with Gasteiger partial charge in [-0.2, -0.15) is 0 Å². The highest BCUT2D eigenvalue weighted by atomic mass is 16.3. The van der Waals surface area contributed by atoms with Gasteiger partial charge in [-0.25, -0.2) is 0 Å². The number of hydrogen-bond donors (Lipinski definition) is 2. The maximum atomic E-state index is 12.1. The Balaban J connectivity index is 1.43. The van der Waals surface area contributed by atoms with Crippen molar-refractivity contribution in [2.75, 3.05) is 6.54 Å². The predicted molar refractivity (Wildman–Crippen MR) is 73.8 cm³/mol. The van der Waals surface area contributed by atoms with E-state index in [2.05, 4.69) is 5.32 Å². The van der Waals surface area contributed by atoms with Crippen molar-refractivity contribution in [1.82, 2.24) is 5.32 Å². The van der Waals surface area contributed by atoms with Crippen LogP contribution in [0.2, 0.25) is 0 Å². The normalized spacial score (nSPS) is 28.5. The van der Waals surface area contributed by atoms with Crippen molar-refractivity contribution >= 4 is 5.91 Å². The van der Waals surface area contributed by atoms with Crippen LogP contribution in [0, 0.1) is 17.8 Å². The van der Waals surface area contributed by atoms with E-state index in [-0.39, 0.29) is 11.7 Å². The molecule has 3 rings (SSSR count). The Morgan fingerprint density at radius 3 is 2.42 bits per heavy atom. The molecule has 2 aliphatic carbocycles. The van der Waals surface area contributed by atoms with Crippen LogP contribution in [0.3, 0.4) is 0 Å². The van der Waals surface area contributed by atoms with Crippen molar-refractivity contribution in [2.24, 2.45) is 17.8 Å². The van der Waals surface area contributed by atoms with Gasteiger partial charge in [0.25, 0.3) is 0 Å². The van der Waals surface area contributed by atoms with Gasteiger partial charge in [0.15, 0.2) is 0 Å². The standard InChI is InChI=1S/C16H21NO2/c18-12-7-5-11(6-8-12)9-10-17-16(19)15-13-3-1-2-4-14(13)15/h5-8,13-15,18H,1-4,9-10H2,(H,17,19). The molecule has 102 valence electrons. The minimum Gasteiger partial charge on any atom is -0.508 e. The van der Waals surface area contributed by atoms with E-state index in [0.717, 1.165) is 12.0 Å². The molecule has 0 heterocycles. The first kappa shape index (κ1) is 12.5. The molecule has 0 spiro atoms. The lowest BCUT2D eigenvalue weighted by Crippen LogP contribution is -2.28. The van der Waals surface area contributed by atoms with E-state index in [4.69, 9.17) is 0 Å². The lowest BCUT2D eigenvalue weighted by Gasteiger charge is -2.05. The van der Waals surface area contributed by atoms with Gasteiger partial charge in [0.2, 0.25) is 5.91 Å². The third kappa shape index (κ3) is 2.75. The molecule has 2 saturated carbocycles. The summed E-state index contributed by atoms with van der Waals surface area (Å²) in [6.07, 6.45) is 5.94. The molecular formula is C16H21NO2. The lowest BCUT2D eigenvalue weighted by atomic mass is 10.0. The second-order valence-corrected chi connectivity index (χ2v) is 5.85. The summed E-state index contributed by atoms with van der Waals surface area (Å²) in [4.78, 5) is 12.1. The zero-order valence-corrected chi connectivity index (χ0v) is 11.1. The summed E-state index contributed by atoms with van der Waals surface area (Å²) in [6.45, 7) is 0.694. The Labute approximate surface area is 114 Å². The Morgan fingerprint density at radius 2 is 1.79 bits per heavy atom. The highest BCUT2D eigenvalue weighted by Gasteiger charge is 2.54. The van der Waals surface area contributed by atoms with Gasteiger partial charge in [0.1, 0.15) is 5.75 Å². The van der Waals surface area contributed by atoms with Crippen molar-refractivity contribution in [3.05, 3.63) is 29.8 Å². The zero-order valence-electron chi connectivity index (χ0n) is 11.1. The third-order valence-electron chi connectivity index (χ3n) is 4.61. The average Bonchev–Trinajstić information content (AvgIpc) is 3.15. The van der Waals surface area contributed by atoms with Crippen LogP contribution in [-0.4, -0.2) is 17.6 Å². The van der Waals surface area contributed by atoms with Crippen LogP contribution in [0.5, 0.6) is 5.75 Å². The second kappa shape index (κ2) is 5.24. The van der Waals surface area contributed by atoms with Gasteiger partial charge in [0.05, 0.1) is 0 Å². The number of amides is 1. The van der Waals surface area contributed by atoms with Gasteiger partial charge in [-0.3, -0.25) is 4.79 Å². The van der Waals surface area contributed by atoms with Crippen LogP contribution >= 0.6 is 0 Å². The van der Waals surface area contributed by atoms with Crippen LogP contribution < -0.4 is 5.32 Å². The van der Waals surface area contributed by atoms with Crippen LogP contribution in [0.15, 0.2) is 24.3 Å². The van der Waals surface area contributed by atoms with E-state index >= 15 is 0 Å². The number of hydrogen-bond acceptors (Lipinski definition) is 2. The predicted octanol–water partition coefficient (Wildman–Crippen LogP) is 2.49. The smallest absolute Gasteiger partial charge is 0.223 e. The molecule has 1 amide bonds. The zero-order chi connectivity index (χ0) is 13.2. The van der Waals surface area contributed by atoms with Gasteiger partial charge in [0, 0.05) is 12.5 Å². The van der Waals surface area contributed by atoms with Gasteiger partial charge in [-0.05, 0) is 48.8 Å². The molecule has 3 nitrogen and oxygen atoms in total. The maximum absolute atomic E-state index is 12.1. The minimum absolute atomic E-state index is 0.260. The molecule has 0 saturated heterocycles. The Morgan fingerprint density at radius 1 is 1.16 bits per heavy atom. The molecule has 2 fully saturated rings. The Hall–Kier alpha value is -1.51. The van der Waals surface area contributed by atoms with Crippen molar-refractivity contribution < 1.29 is 9.90 Å². The molecule has 2 atom stereocenters. The fourth-order valence-corrected chi connectivity index (χ4v) is 3.49.